The first kappa shape index (κ1) is 13.9. The number of amides is 1. The van der Waals surface area contributed by atoms with Crippen LogP contribution in [-0.2, 0) is 11.3 Å². The van der Waals surface area contributed by atoms with Crippen molar-refractivity contribution in [1.82, 2.24) is 10.3 Å². The molecule has 0 spiro atoms. The monoisotopic (exact) mass is 229 g/mol. The first-order chi connectivity index (χ1) is 6.59. The Kier molecular flexibility index (Phi) is 5.89. The summed E-state index contributed by atoms with van der Waals surface area (Å²) in [6.07, 6.45) is 3.51. The summed E-state index contributed by atoms with van der Waals surface area (Å²) >= 11 is 0. The maximum Gasteiger partial charge on any atom is 0.236 e. The highest BCUT2D eigenvalue weighted by Gasteiger charge is 2.05. The van der Waals surface area contributed by atoms with E-state index < -0.39 is 6.04 Å². The van der Waals surface area contributed by atoms with E-state index in [0.29, 0.717) is 6.54 Å². The van der Waals surface area contributed by atoms with Crippen molar-refractivity contribution < 1.29 is 4.79 Å². The SMILES string of the molecule is Cc1cncc(CNC(=O)C(C)N)c1.Cl. The Labute approximate surface area is 95.7 Å². The van der Waals surface area contributed by atoms with Gasteiger partial charge in [0.1, 0.15) is 0 Å². The molecule has 1 amide bonds. The molecule has 0 fully saturated rings. The van der Waals surface area contributed by atoms with Gasteiger partial charge in [-0.25, -0.2) is 0 Å². The molecule has 0 radical (unpaired) electrons. The Morgan fingerprint density at radius 2 is 2.27 bits per heavy atom. The fraction of sp³-hybridized carbons (Fsp3) is 0.400. The molecule has 0 aliphatic rings. The molecule has 15 heavy (non-hydrogen) atoms. The van der Waals surface area contributed by atoms with Crippen molar-refractivity contribution >= 4 is 18.3 Å². The van der Waals surface area contributed by atoms with Gasteiger partial charge in [0.05, 0.1) is 6.04 Å². The summed E-state index contributed by atoms with van der Waals surface area (Å²) in [5, 5.41) is 2.72. The number of hydrogen-bond donors (Lipinski definition) is 2. The summed E-state index contributed by atoms with van der Waals surface area (Å²) in [7, 11) is 0. The average molecular weight is 230 g/mol. The lowest BCUT2D eigenvalue weighted by Crippen LogP contribution is -2.37. The minimum absolute atomic E-state index is 0. The number of halogens is 1. The van der Waals surface area contributed by atoms with Crippen LogP contribution in [0.5, 0.6) is 0 Å². The van der Waals surface area contributed by atoms with Crippen LogP contribution < -0.4 is 11.1 Å². The predicted molar refractivity (Wildman–Crippen MR) is 61.7 cm³/mol. The Morgan fingerprint density at radius 1 is 1.60 bits per heavy atom. The zero-order valence-corrected chi connectivity index (χ0v) is 9.67. The molecule has 0 aliphatic heterocycles. The van der Waals surface area contributed by atoms with Crippen LogP contribution in [0.3, 0.4) is 0 Å². The lowest BCUT2D eigenvalue weighted by molar-refractivity contribution is -0.122. The molecule has 0 saturated heterocycles. The van der Waals surface area contributed by atoms with Gasteiger partial charge in [-0.1, -0.05) is 6.07 Å². The fourth-order valence-corrected chi connectivity index (χ4v) is 1.06. The smallest absolute Gasteiger partial charge is 0.236 e. The highest BCUT2D eigenvalue weighted by atomic mass is 35.5. The van der Waals surface area contributed by atoms with Gasteiger partial charge in [0.25, 0.3) is 0 Å². The molecule has 1 heterocycles. The number of hydrogen-bond acceptors (Lipinski definition) is 3. The second-order valence-electron chi connectivity index (χ2n) is 3.38. The second kappa shape index (κ2) is 6.37. The number of pyridine rings is 1. The molecule has 3 N–H and O–H groups in total. The highest BCUT2D eigenvalue weighted by Crippen LogP contribution is 2.00. The number of nitrogens with one attached hydrogen (secondary N) is 1. The van der Waals surface area contributed by atoms with Gasteiger partial charge in [-0.3, -0.25) is 9.78 Å². The van der Waals surface area contributed by atoms with E-state index in [0.717, 1.165) is 11.1 Å². The lowest BCUT2D eigenvalue weighted by atomic mass is 10.2. The van der Waals surface area contributed by atoms with E-state index >= 15 is 0 Å². The topological polar surface area (TPSA) is 68.0 Å². The van der Waals surface area contributed by atoms with Gasteiger partial charge < -0.3 is 11.1 Å². The summed E-state index contributed by atoms with van der Waals surface area (Å²) in [6.45, 7) is 4.10. The number of aromatic nitrogens is 1. The maximum atomic E-state index is 11.1. The largest absolute Gasteiger partial charge is 0.351 e. The molecule has 0 aromatic carbocycles. The minimum Gasteiger partial charge on any atom is -0.351 e. The predicted octanol–water partition coefficient (Wildman–Crippen LogP) is 0.775. The van der Waals surface area contributed by atoms with Gasteiger partial charge in [0, 0.05) is 18.9 Å². The Hall–Kier alpha value is -1.13. The third-order valence-electron chi connectivity index (χ3n) is 1.81. The number of nitrogens with zero attached hydrogens (tertiary/aromatic N) is 1. The Balaban J connectivity index is 0.00000196. The van der Waals surface area contributed by atoms with Crippen molar-refractivity contribution in [3.63, 3.8) is 0 Å². The average Bonchev–Trinajstić information content (AvgIpc) is 2.14. The van der Waals surface area contributed by atoms with Crippen molar-refractivity contribution in [3.8, 4) is 0 Å². The van der Waals surface area contributed by atoms with Crippen LogP contribution in [-0.4, -0.2) is 16.9 Å². The van der Waals surface area contributed by atoms with Gasteiger partial charge in [-0.2, -0.15) is 0 Å². The van der Waals surface area contributed by atoms with Crippen LogP contribution in [0, 0.1) is 6.92 Å². The Bertz CT molecular complexity index is 328. The Morgan fingerprint density at radius 3 is 2.80 bits per heavy atom. The van der Waals surface area contributed by atoms with E-state index in [1.807, 2.05) is 13.0 Å². The summed E-state index contributed by atoms with van der Waals surface area (Å²) in [5.74, 6) is -0.147. The number of carbonyl (C=O) groups excluding carboxylic acids is 1. The van der Waals surface area contributed by atoms with Gasteiger partial charge in [-0.05, 0) is 25.0 Å². The molecule has 4 nitrogen and oxygen atoms in total. The summed E-state index contributed by atoms with van der Waals surface area (Å²) < 4.78 is 0. The number of aryl methyl sites for hydroxylation is 1. The summed E-state index contributed by atoms with van der Waals surface area (Å²) in [5.41, 5.74) is 7.47. The van der Waals surface area contributed by atoms with E-state index in [2.05, 4.69) is 10.3 Å². The summed E-state index contributed by atoms with van der Waals surface area (Å²) in [6, 6.07) is 1.52. The quantitative estimate of drug-likeness (QED) is 0.805. The van der Waals surface area contributed by atoms with Crippen LogP contribution in [0.4, 0.5) is 0 Å². The highest BCUT2D eigenvalue weighted by molar-refractivity contribution is 5.85. The molecule has 84 valence electrons. The third-order valence-corrected chi connectivity index (χ3v) is 1.81. The van der Waals surface area contributed by atoms with E-state index in [4.69, 9.17) is 5.73 Å². The first-order valence-corrected chi connectivity index (χ1v) is 4.53. The molecule has 1 rings (SSSR count). The van der Waals surface area contributed by atoms with Crippen LogP contribution in [0.15, 0.2) is 18.5 Å². The second-order valence-corrected chi connectivity index (χ2v) is 3.38. The number of nitrogens with two attached hydrogens (primary N) is 1. The van der Waals surface area contributed by atoms with Crippen LogP contribution in [0.25, 0.3) is 0 Å². The van der Waals surface area contributed by atoms with Crippen molar-refractivity contribution in [2.24, 2.45) is 5.73 Å². The molecule has 1 aromatic heterocycles. The van der Waals surface area contributed by atoms with Crippen LogP contribution >= 0.6 is 12.4 Å². The molecule has 5 heteroatoms. The van der Waals surface area contributed by atoms with Crippen molar-refractivity contribution in [3.05, 3.63) is 29.6 Å². The molecular formula is C10H16ClN3O. The number of rotatable bonds is 3. The molecule has 1 aromatic rings. The summed E-state index contributed by atoms with van der Waals surface area (Å²) in [4.78, 5) is 15.2. The minimum atomic E-state index is -0.465. The standard InChI is InChI=1S/C10H15N3O.ClH/c1-7-3-9(5-12-4-7)6-13-10(14)8(2)11;/h3-5,8H,6,11H2,1-2H3,(H,13,14);1H. The maximum absolute atomic E-state index is 11.1. The van der Waals surface area contributed by atoms with Gasteiger partial charge in [0.15, 0.2) is 0 Å². The normalized spacial score (nSPS) is 11.4. The molecule has 1 atom stereocenters. The number of carbonyl (C=O) groups is 1. The van der Waals surface area contributed by atoms with Crippen LogP contribution in [0.1, 0.15) is 18.1 Å². The molecule has 0 bridgehead atoms. The molecule has 0 saturated carbocycles. The van der Waals surface area contributed by atoms with E-state index in [-0.39, 0.29) is 18.3 Å². The zero-order chi connectivity index (χ0) is 10.6. The van der Waals surface area contributed by atoms with Gasteiger partial charge in [0.2, 0.25) is 5.91 Å². The van der Waals surface area contributed by atoms with Gasteiger partial charge >= 0.3 is 0 Å². The zero-order valence-electron chi connectivity index (χ0n) is 8.86. The molecule has 1 unspecified atom stereocenters. The van der Waals surface area contributed by atoms with Crippen molar-refractivity contribution in [2.75, 3.05) is 0 Å². The fourth-order valence-electron chi connectivity index (χ4n) is 1.06. The molecule has 0 aliphatic carbocycles. The third kappa shape index (κ3) is 4.76. The van der Waals surface area contributed by atoms with Crippen molar-refractivity contribution in [2.45, 2.75) is 26.4 Å². The van der Waals surface area contributed by atoms with E-state index in [9.17, 15) is 4.79 Å². The lowest BCUT2D eigenvalue weighted by Gasteiger charge is -2.07. The first-order valence-electron chi connectivity index (χ1n) is 4.53. The van der Waals surface area contributed by atoms with E-state index in [1.54, 1.807) is 19.3 Å². The molecular weight excluding hydrogens is 214 g/mol. The van der Waals surface area contributed by atoms with E-state index in [1.165, 1.54) is 0 Å². The van der Waals surface area contributed by atoms with Crippen molar-refractivity contribution in [1.29, 1.82) is 0 Å². The van der Waals surface area contributed by atoms with Gasteiger partial charge in [-0.15, -0.1) is 12.4 Å². The van der Waals surface area contributed by atoms with Crippen LogP contribution in [0.2, 0.25) is 0 Å².